The van der Waals surface area contributed by atoms with Gasteiger partial charge >= 0.3 is 11.9 Å². The lowest BCUT2D eigenvalue weighted by molar-refractivity contribution is 0.0443. The van der Waals surface area contributed by atoms with E-state index < -0.39 is 27.8 Å². The minimum atomic E-state index is -4.16. The highest BCUT2D eigenvalue weighted by molar-refractivity contribution is 7.85. The molecule has 1 aromatic rings. The summed E-state index contributed by atoms with van der Waals surface area (Å²) in [5.41, 5.74) is 0.336. The maximum atomic E-state index is 11.1. The summed E-state index contributed by atoms with van der Waals surface area (Å²) < 4.78 is 34.2. The predicted molar refractivity (Wildman–Crippen MR) is 51.4 cm³/mol. The van der Waals surface area contributed by atoms with Crippen molar-refractivity contribution in [3.63, 3.8) is 0 Å². The Morgan fingerprint density at radius 1 is 1.12 bits per heavy atom. The number of carbonyl (C=O) groups is 2. The molecule has 2 rings (SSSR count). The average molecular weight is 242 g/mol. The third kappa shape index (κ3) is 1.95. The molecule has 0 amide bonds. The normalized spacial score (nSPS) is 14.8. The van der Waals surface area contributed by atoms with Gasteiger partial charge in [-0.3, -0.25) is 4.55 Å². The third-order valence-electron chi connectivity index (χ3n) is 2.06. The van der Waals surface area contributed by atoms with Crippen molar-refractivity contribution in [2.45, 2.75) is 5.75 Å². The van der Waals surface area contributed by atoms with E-state index in [4.69, 9.17) is 4.55 Å². The zero-order valence-electron chi connectivity index (χ0n) is 7.84. The number of fused-ring (bicyclic) bond motifs is 1. The summed E-state index contributed by atoms with van der Waals surface area (Å²) in [6, 6.07) is 3.85. The number of benzene rings is 1. The summed E-state index contributed by atoms with van der Waals surface area (Å²) >= 11 is 0. The van der Waals surface area contributed by atoms with Crippen molar-refractivity contribution in [3.05, 3.63) is 34.9 Å². The first-order valence-electron chi connectivity index (χ1n) is 4.21. The lowest BCUT2D eigenvalue weighted by Crippen LogP contribution is -2.03. The smallest absolute Gasteiger partial charge is 0.346 e. The SMILES string of the molecule is O=C1OC(=O)c2cc(CS(=O)(=O)O)ccc21. The Morgan fingerprint density at radius 2 is 1.75 bits per heavy atom. The molecule has 1 heterocycles. The number of cyclic esters (lactones) is 2. The van der Waals surface area contributed by atoms with Gasteiger partial charge in [-0.25, -0.2) is 9.59 Å². The van der Waals surface area contributed by atoms with Gasteiger partial charge in [0, 0.05) is 0 Å². The predicted octanol–water partition coefficient (Wildman–Crippen LogP) is 0.385. The molecule has 84 valence electrons. The fourth-order valence-electron chi connectivity index (χ4n) is 1.43. The van der Waals surface area contributed by atoms with Crippen molar-refractivity contribution < 1.29 is 27.3 Å². The summed E-state index contributed by atoms with van der Waals surface area (Å²) in [6.07, 6.45) is 0. The first kappa shape index (κ1) is 10.8. The van der Waals surface area contributed by atoms with Crippen LogP contribution in [-0.4, -0.2) is 24.9 Å². The minimum Gasteiger partial charge on any atom is -0.386 e. The van der Waals surface area contributed by atoms with E-state index in [1.807, 2.05) is 0 Å². The molecule has 0 saturated carbocycles. The van der Waals surface area contributed by atoms with Gasteiger partial charge in [0.25, 0.3) is 10.1 Å². The molecule has 1 N–H and O–H groups in total. The molecule has 1 aliphatic heterocycles. The molecule has 16 heavy (non-hydrogen) atoms. The van der Waals surface area contributed by atoms with E-state index in [0.29, 0.717) is 0 Å². The van der Waals surface area contributed by atoms with Crippen LogP contribution < -0.4 is 0 Å². The lowest BCUT2D eigenvalue weighted by Gasteiger charge is -1.99. The molecule has 0 atom stereocenters. The van der Waals surface area contributed by atoms with Crippen LogP contribution in [0.1, 0.15) is 26.3 Å². The zero-order chi connectivity index (χ0) is 11.9. The maximum absolute atomic E-state index is 11.1. The van der Waals surface area contributed by atoms with E-state index >= 15 is 0 Å². The highest BCUT2D eigenvalue weighted by Gasteiger charge is 2.29. The van der Waals surface area contributed by atoms with Gasteiger partial charge in [0.1, 0.15) is 5.75 Å². The second-order valence-electron chi connectivity index (χ2n) is 3.28. The van der Waals surface area contributed by atoms with Crippen LogP contribution in [0.2, 0.25) is 0 Å². The monoisotopic (exact) mass is 242 g/mol. The van der Waals surface area contributed by atoms with E-state index in [1.165, 1.54) is 18.2 Å². The fourth-order valence-corrected chi connectivity index (χ4v) is 2.03. The quantitative estimate of drug-likeness (QED) is 0.457. The van der Waals surface area contributed by atoms with Crippen LogP contribution in [0.4, 0.5) is 0 Å². The molecule has 6 nitrogen and oxygen atoms in total. The third-order valence-corrected chi connectivity index (χ3v) is 2.76. The molecule has 0 radical (unpaired) electrons. The van der Waals surface area contributed by atoms with Gasteiger partial charge in [-0.1, -0.05) is 6.07 Å². The zero-order valence-corrected chi connectivity index (χ0v) is 8.65. The molecule has 0 fully saturated rings. The second-order valence-corrected chi connectivity index (χ2v) is 4.74. The molecule has 7 heteroatoms. The number of carbonyl (C=O) groups excluding carboxylic acids is 2. The Morgan fingerprint density at radius 3 is 2.38 bits per heavy atom. The Hall–Kier alpha value is -1.73. The Kier molecular flexibility index (Phi) is 2.28. The van der Waals surface area contributed by atoms with Crippen LogP contribution in [0, 0.1) is 0 Å². The molecule has 0 unspecified atom stereocenters. The van der Waals surface area contributed by atoms with Crippen LogP contribution in [0.5, 0.6) is 0 Å². The number of hydrogen-bond donors (Lipinski definition) is 1. The number of esters is 2. The van der Waals surface area contributed by atoms with Crippen LogP contribution >= 0.6 is 0 Å². The maximum Gasteiger partial charge on any atom is 0.346 e. The van der Waals surface area contributed by atoms with E-state index in [9.17, 15) is 18.0 Å². The number of rotatable bonds is 2. The molecular formula is C9H6O6S. The molecule has 0 aromatic heterocycles. The van der Waals surface area contributed by atoms with Crippen LogP contribution in [0.25, 0.3) is 0 Å². The van der Waals surface area contributed by atoms with Crippen molar-refractivity contribution >= 4 is 22.1 Å². The first-order valence-corrected chi connectivity index (χ1v) is 5.82. The summed E-state index contributed by atoms with van der Waals surface area (Å²) in [5.74, 6) is -2.17. The van der Waals surface area contributed by atoms with Gasteiger partial charge < -0.3 is 4.74 Å². The average Bonchev–Trinajstić information content (AvgIpc) is 2.40. The summed E-state index contributed by atoms with van der Waals surface area (Å²) in [6.45, 7) is 0. The van der Waals surface area contributed by atoms with Crippen molar-refractivity contribution in [1.29, 1.82) is 0 Å². The Balaban J connectivity index is 2.45. The van der Waals surface area contributed by atoms with Crippen molar-refractivity contribution in [1.82, 2.24) is 0 Å². The van der Waals surface area contributed by atoms with Crippen molar-refractivity contribution in [2.24, 2.45) is 0 Å². The molecule has 0 aliphatic carbocycles. The van der Waals surface area contributed by atoms with E-state index in [0.717, 1.165) is 0 Å². The summed E-state index contributed by atoms with van der Waals surface area (Å²) in [7, 11) is -4.16. The summed E-state index contributed by atoms with van der Waals surface area (Å²) in [5, 5.41) is 0. The minimum absolute atomic E-state index is 0.0196. The lowest BCUT2D eigenvalue weighted by atomic mass is 10.1. The Labute approximate surface area is 90.6 Å². The van der Waals surface area contributed by atoms with Crippen LogP contribution in [-0.2, 0) is 20.6 Å². The van der Waals surface area contributed by atoms with Crippen molar-refractivity contribution in [2.75, 3.05) is 0 Å². The highest BCUT2D eigenvalue weighted by atomic mass is 32.2. The van der Waals surface area contributed by atoms with Crippen LogP contribution in [0.15, 0.2) is 18.2 Å². The number of ether oxygens (including phenoxy) is 1. The fraction of sp³-hybridized carbons (Fsp3) is 0.111. The molecular weight excluding hydrogens is 236 g/mol. The molecule has 1 aliphatic rings. The molecule has 1 aromatic carbocycles. The van der Waals surface area contributed by atoms with Gasteiger partial charge in [-0.05, 0) is 17.7 Å². The van der Waals surface area contributed by atoms with Crippen molar-refractivity contribution in [3.8, 4) is 0 Å². The van der Waals surface area contributed by atoms with Gasteiger partial charge in [-0.15, -0.1) is 0 Å². The molecule has 0 spiro atoms. The standard InChI is InChI=1S/C9H6O6S/c10-8-6-2-1-5(4-16(12,13)14)3-7(6)9(11)15-8/h1-3H,4H2,(H,12,13,14). The van der Waals surface area contributed by atoms with E-state index in [1.54, 1.807) is 0 Å². The van der Waals surface area contributed by atoms with Gasteiger partial charge in [0.05, 0.1) is 11.1 Å². The van der Waals surface area contributed by atoms with Gasteiger partial charge in [0.2, 0.25) is 0 Å². The Bertz CT molecular complexity index is 586. The van der Waals surface area contributed by atoms with Gasteiger partial charge in [-0.2, -0.15) is 8.42 Å². The largest absolute Gasteiger partial charge is 0.386 e. The van der Waals surface area contributed by atoms with Gasteiger partial charge in [0.15, 0.2) is 0 Å². The van der Waals surface area contributed by atoms with E-state index in [-0.39, 0.29) is 16.7 Å². The topological polar surface area (TPSA) is 97.7 Å². The van der Waals surface area contributed by atoms with Crippen LogP contribution in [0.3, 0.4) is 0 Å². The first-order chi connectivity index (χ1) is 7.37. The van der Waals surface area contributed by atoms with E-state index in [2.05, 4.69) is 4.74 Å². The summed E-state index contributed by atoms with van der Waals surface area (Å²) in [4.78, 5) is 22.2. The highest BCUT2D eigenvalue weighted by Crippen LogP contribution is 2.21. The molecule has 0 bridgehead atoms. The number of hydrogen-bond acceptors (Lipinski definition) is 5. The second kappa shape index (κ2) is 3.39. The molecule has 0 saturated heterocycles.